The highest BCUT2D eigenvalue weighted by Gasteiger charge is 2.19. The molecule has 1 aliphatic carbocycles. The minimum Gasteiger partial charge on any atom is -0.465 e. The van der Waals surface area contributed by atoms with Gasteiger partial charge in [0.05, 0.1) is 35.7 Å². The number of methoxy groups -OCH3 is 1. The van der Waals surface area contributed by atoms with E-state index in [9.17, 15) is 4.79 Å². The van der Waals surface area contributed by atoms with E-state index in [1.165, 1.54) is 12.7 Å². The highest BCUT2D eigenvalue weighted by Crippen LogP contribution is 2.35. The second kappa shape index (κ2) is 6.95. The van der Waals surface area contributed by atoms with E-state index in [0.717, 1.165) is 51.0 Å². The normalized spacial score (nSPS) is 12.7. The molecule has 0 saturated heterocycles. The van der Waals surface area contributed by atoms with Gasteiger partial charge < -0.3 is 9.30 Å². The molecule has 5 heteroatoms. The summed E-state index contributed by atoms with van der Waals surface area (Å²) in [5.41, 5.74) is 10.0. The maximum absolute atomic E-state index is 12.1. The minimum atomic E-state index is -0.325. The SMILES string of the molecule is COC(=O)c1cc(-c2cnc3c(c2)C(c2ccc4ncn(C)c4c2)=CC3)ccc1C. The smallest absolute Gasteiger partial charge is 0.338 e. The average Bonchev–Trinajstić information content (AvgIpc) is 3.36. The molecule has 2 heterocycles. The van der Waals surface area contributed by atoms with Crippen LogP contribution >= 0.6 is 0 Å². The first-order valence-electron chi connectivity index (χ1n) is 9.85. The van der Waals surface area contributed by atoms with Crippen molar-refractivity contribution in [2.24, 2.45) is 7.05 Å². The fraction of sp³-hybridized carbons (Fsp3) is 0.160. The minimum absolute atomic E-state index is 0.325. The van der Waals surface area contributed by atoms with Gasteiger partial charge in [0.2, 0.25) is 0 Å². The van der Waals surface area contributed by atoms with Gasteiger partial charge in [0.1, 0.15) is 0 Å². The van der Waals surface area contributed by atoms with Crippen LogP contribution in [0.25, 0.3) is 27.7 Å². The van der Waals surface area contributed by atoms with Crippen LogP contribution in [0.2, 0.25) is 0 Å². The summed E-state index contributed by atoms with van der Waals surface area (Å²) in [7, 11) is 3.41. The van der Waals surface area contributed by atoms with Gasteiger partial charge in [0.25, 0.3) is 0 Å². The zero-order valence-corrected chi connectivity index (χ0v) is 17.1. The monoisotopic (exact) mass is 395 g/mol. The average molecular weight is 395 g/mol. The number of carbonyl (C=O) groups is 1. The van der Waals surface area contributed by atoms with E-state index in [1.807, 2.05) is 49.3 Å². The van der Waals surface area contributed by atoms with Crippen LogP contribution in [0.3, 0.4) is 0 Å². The number of hydrogen-bond donors (Lipinski definition) is 0. The van der Waals surface area contributed by atoms with Crippen molar-refractivity contribution in [1.29, 1.82) is 0 Å². The lowest BCUT2D eigenvalue weighted by Crippen LogP contribution is -2.04. The van der Waals surface area contributed by atoms with Gasteiger partial charge >= 0.3 is 5.97 Å². The van der Waals surface area contributed by atoms with E-state index in [4.69, 9.17) is 9.72 Å². The molecule has 0 amide bonds. The third kappa shape index (κ3) is 2.90. The molecule has 0 saturated carbocycles. The number of fused-ring (bicyclic) bond motifs is 2. The van der Waals surface area contributed by atoms with Gasteiger partial charge in [-0.25, -0.2) is 9.78 Å². The summed E-state index contributed by atoms with van der Waals surface area (Å²) in [6, 6.07) is 14.4. The second-order valence-electron chi connectivity index (χ2n) is 7.62. The van der Waals surface area contributed by atoms with E-state index < -0.39 is 0 Å². The Morgan fingerprint density at radius 3 is 2.70 bits per heavy atom. The lowest BCUT2D eigenvalue weighted by atomic mass is 9.96. The van der Waals surface area contributed by atoms with Crippen LogP contribution in [0.5, 0.6) is 0 Å². The molecule has 0 spiro atoms. The van der Waals surface area contributed by atoms with Gasteiger partial charge in [-0.1, -0.05) is 24.3 Å². The van der Waals surface area contributed by atoms with Crippen LogP contribution in [-0.2, 0) is 18.2 Å². The number of pyridine rings is 1. The Hall–Kier alpha value is -3.73. The summed E-state index contributed by atoms with van der Waals surface area (Å²) in [5.74, 6) is -0.325. The van der Waals surface area contributed by atoms with Gasteiger partial charge in [-0.2, -0.15) is 0 Å². The fourth-order valence-electron chi connectivity index (χ4n) is 4.05. The van der Waals surface area contributed by atoms with Crippen molar-refractivity contribution in [3.8, 4) is 11.1 Å². The summed E-state index contributed by atoms with van der Waals surface area (Å²) >= 11 is 0. The summed E-state index contributed by atoms with van der Waals surface area (Å²) in [6.45, 7) is 1.91. The topological polar surface area (TPSA) is 57.0 Å². The first kappa shape index (κ1) is 18.3. The van der Waals surface area contributed by atoms with Gasteiger partial charge in [-0.15, -0.1) is 0 Å². The lowest BCUT2D eigenvalue weighted by molar-refractivity contribution is 0.0600. The van der Waals surface area contributed by atoms with Crippen molar-refractivity contribution in [3.63, 3.8) is 0 Å². The molecule has 148 valence electrons. The molecule has 5 nitrogen and oxygen atoms in total. The molecule has 0 fully saturated rings. The largest absolute Gasteiger partial charge is 0.465 e. The number of hydrogen-bond acceptors (Lipinski definition) is 4. The number of carbonyl (C=O) groups excluding carboxylic acids is 1. The van der Waals surface area contributed by atoms with Crippen LogP contribution in [0, 0.1) is 6.92 Å². The number of esters is 1. The van der Waals surface area contributed by atoms with Crippen molar-refractivity contribution < 1.29 is 9.53 Å². The highest BCUT2D eigenvalue weighted by atomic mass is 16.5. The summed E-state index contributed by atoms with van der Waals surface area (Å²) in [6.07, 6.45) is 6.76. The Morgan fingerprint density at radius 2 is 1.87 bits per heavy atom. The molecule has 1 aliphatic rings. The lowest BCUT2D eigenvalue weighted by Gasteiger charge is -2.11. The van der Waals surface area contributed by atoms with Gasteiger partial charge in [0.15, 0.2) is 0 Å². The Bertz CT molecular complexity index is 1350. The molecule has 30 heavy (non-hydrogen) atoms. The summed E-state index contributed by atoms with van der Waals surface area (Å²) < 4.78 is 6.96. The number of aryl methyl sites for hydroxylation is 2. The molecular formula is C25H21N3O2. The van der Waals surface area contributed by atoms with Crippen LogP contribution < -0.4 is 0 Å². The van der Waals surface area contributed by atoms with Crippen molar-refractivity contribution in [1.82, 2.24) is 14.5 Å². The molecule has 0 unspecified atom stereocenters. The number of allylic oxidation sites excluding steroid dienone is 1. The molecule has 0 aliphatic heterocycles. The molecular weight excluding hydrogens is 374 g/mol. The molecule has 0 radical (unpaired) electrons. The molecule has 4 aromatic rings. The molecule has 0 bridgehead atoms. The molecule has 0 atom stereocenters. The third-order valence-corrected chi connectivity index (χ3v) is 5.77. The van der Waals surface area contributed by atoms with Gasteiger partial charge in [-0.05, 0) is 53.5 Å². The number of nitrogens with zero attached hydrogens (tertiary/aromatic N) is 3. The van der Waals surface area contributed by atoms with Crippen molar-refractivity contribution in [2.45, 2.75) is 13.3 Å². The number of imidazole rings is 1. The van der Waals surface area contributed by atoms with E-state index in [-0.39, 0.29) is 5.97 Å². The summed E-state index contributed by atoms with van der Waals surface area (Å²) in [5, 5.41) is 0. The quantitative estimate of drug-likeness (QED) is 0.471. The van der Waals surface area contributed by atoms with Gasteiger partial charge in [0, 0.05) is 30.8 Å². The van der Waals surface area contributed by atoms with E-state index >= 15 is 0 Å². The fourth-order valence-corrected chi connectivity index (χ4v) is 4.05. The summed E-state index contributed by atoms with van der Waals surface area (Å²) in [4.78, 5) is 21.2. The predicted octanol–water partition coefficient (Wildman–Crippen LogP) is 4.72. The number of rotatable bonds is 3. The maximum atomic E-state index is 12.1. The first-order chi connectivity index (χ1) is 14.5. The molecule has 2 aromatic heterocycles. The van der Waals surface area contributed by atoms with E-state index in [2.05, 4.69) is 35.3 Å². The van der Waals surface area contributed by atoms with Crippen LogP contribution in [-0.4, -0.2) is 27.6 Å². The van der Waals surface area contributed by atoms with Crippen molar-refractivity contribution >= 4 is 22.6 Å². The van der Waals surface area contributed by atoms with E-state index in [1.54, 1.807) is 0 Å². The second-order valence-corrected chi connectivity index (χ2v) is 7.62. The van der Waals surface area contributed by atoms with Crippen LogP contribution in [0.1, 0.15) is 32.7 Å². The predicted molar refractivity (Wildman–Crippen MR) is 117 cm³/mol. The first-order valence-corrected chi connectivity index (χ1v) is 9.85. The van der Waals surface area contributed by atoms with Crippen LogP contribution in [0.4, 0.5) is 0 Å². The Kier molecular flexibility index (Phi) is 4.24. The molecule has 0 N–H and O–H groups in total. The van der Waals surface area contributed by atoms with Gasteiger partial charge in [-0.3, -0.25) is 4.98 Å². The maximum Gasteiger partial charge on any atom is 0.338 e. The Morgan fingerprint density at radius 1 is 1.03 bits per heavy atom. The zero-order valence-electron chi connectivity index (χ0n) is 17.1. The third-order valence-electron chi connectivity index (χ3n) is 5.77. The van der Waals surface area contributed by atoms with E-state index in [0.29, 0.717) is 5.56 Å². The standard InChI is InChI=1S/C25H21N3O2/c1-15-4-5-16(10-20(15)25(29)30-3)18-11-21-19(7-9-22(21)26-13-18)17-6-8-23-24(12-17)28(2)14-27-23/h4-8,10-14H,9H2,1-3H3. The zero-order chi connectivity index (χ0) is 20.8. The molecule has 5 rings (SSSR count). The number of ether oxygens (including phenoxy) is 1. The van der Waals surface area contributed by atoms with Crippen molar-refractivity contribution in [3.05, 3.63) is 89.0 Å². The van der Waals surface area contributed by atoms with Crippen LogP contribution in [0.15, 0.2) is 61.1 Å². The molecule has 2 aromatic carbocycles. The number of benzene rings is 2. The highest BCUT2D eigenvalue weighted by molar-refractivity contribution is 5.93. The Labute approximate surface area is 174 Å². The Balaban J connectivity index is 1.58. The van der Waals surface area contributed by atoms with Crippen molar-refractivity contribution in [2.75, 3.05) is 7.11 Å². The number of aromatic nitrogens is 3.